The number of carbonyl (C=O) groups excluding carboxylic acids is 2. The maximum atomic E-state index is 12.9. The number of hydrogen-bond acceptors (Lipinski definition) is 4. The smallest absolute Gasteiger partial charge is 0.151 e. The van der Waals surface area contributed by atoms with Gasteiger partial charge in [-0.1, -0.05) is 60.7 Å². The van der Waals surface area contributed by atoms with Crippen LogP contribution in [0.3, 0.4) is 0 Å². The summed E-state index contributed by atoms with van der Waals surface area (Å²) in [5.41, 5.74) is 14.1. The number of nitrogens with one attached hydrogen (secondary N) is 2. The predicted octanol–water partition coefficient (Wildman–Crippen LogP) is 6.14. The van der Waals surface area contributed by atoms with Crippen molar-refractivity contribution < 1.29 is 9.59 Å². The average molecular weight is 473 g/mol. The van der Waals surface area contributed by atoms with Gasteiger partial charge in [-0.05, 0) is 80.6 Å². The number of carbonyl (C=O) groups is 2. The minimum absolute atomic E-state index is 0.664. The van der Waals surface area contributed by atoms with Gasteiger partial charge in [-0.25, -0.2) is 0 Å². The molecular weight excluding hydrogens is 444 g/mol. The molecule has 0 amide bonds. The third-order valence-electron chi connectivity index (χ3n) is 7.88. The summed E-state index contributed by atoms with van der Waals surface area (Å²) in [6, 6.07) is 20.3. The molecule has 4 heteroatoms. The standard InChI is InChI=1S/C32H28N2O2/c1-19-23-13-33-15-25(23)31(21-9-5-3-6-10-21)27(17-35)29(19)30-20(2)24-14-34-16-26(24)32(28(30)18-36)22-11-7-4-8-12-22/h3-12,17-18,33-34H,13-16H2,1-2H3. The molecule has 0 unspecified atom stereocenters. The Balaban J connectivity index is 1.78. The second-order valence-corrected chi connectivity index (χ2v) is 9.67. The molecule has 2 aliphatic rings. The highest BCUT2D eigenvalue weighted by molar-refractivity contribution is 6.07. The Morgan fingerprint density at radius 3 is 1.25 bits per heavy atom. The fraction of sp³-hybridized carbons (Fsp3) is 0.188. The van der Waals surface area contributed by atoms with Crippen molar-refractivity contribution >= 4 is 12.6 Å². The molecule has 0 bridgehead atoms. The van der Waals surface area contributed by atoms with Crippen LogP contribution in [0.4, 0.5) is 0 Å². The van der Waals surface area contributed by atoms with Crippen LogP contribution < -0.4 is 10.6 Å². The molecule has 0 fully saturated rings. The quantitative estimate of drug-likeness (QED) is 0.343. The van der Waals surface area contributed by atoms with E-state index < -0.39 is 0 Å². The Labute approximate surface area is 211 Å². The lowest BCUT2D eigenvalue weighted by Crippen LogP contribution is -2.09. The molecule has 4 aromatic rings. The minimum atomic E-state index is 0.664. The summed E-state index contributed by atoms with van der Waals surface area (Å²) in [4.78, 5) is 25.9. The molecule has 0 aromatic heterocycles. The van der Waals surface area contributed by atoms with Crippen LogP contribution in [0.15, 0.2) is 60.7 Å². The summed E-state index contributed by atoms with van der Waals surface area (Å²) in [5.74, 6) is 0. The first-order valence-corrected chi connectivity index (χ1v) is 12.4. The van der Waals surface area contributed by atoms with Crippen LogP contribution in [0.5, 0.6) is 0 Å². The van der Waals surface area contributed by atoms with E-state index >= 15 is 0 Å². The number of benzene rings is 4. The topological polar surface area (TPSA) is 58.2 Å². The fourth-order valence-corrected chi connectivity index (χ4v) is 6.28. The molecule has 2 heterocycles. The molecular formula is C32H28N2O2. The normalized spacial score (nSPS) is 13.9. The molecule has 36 heavy (non-hydrogen) atoms. The molecule has 6 rings (SSSR count). The van der Waals surface area contributed by atoms with Crippen molar-refractivity contribution in [2.24, 2.45) is 0 Å². The Morgan fingerprint density at radius 1 is 0.528 bits per heavy atom. The third kappa shape index (κ3) is 3.29. The van der Waals surface area contributed by atoms with E-state index in [1.54, 1.807) is 0 Å². The Kier molecular flexibility index (Phi) is 5.63. The first-order chi connectivity index (χ1) is 17.7. The molecule has 4 nitrogen and oxygen atoms in total. The molecule has 2 aliphatic heterocycles. The van der Waals surface area contributed by atoms with Crippen LogP contribution in [0.2, 0.25) is 0 Å². The van der Waals surface area contributed by atoms with Crippen molar-refractivity contribution in [3.63, 3.8) is 0 Å². The Hall–Kier alpha value is -3.86. The van der Waals surface area contributed by atoms with Gasteiger partial charge in [-0.2, -0.15) is 0 Å². The van der Waals surface area contributed by atoms with Gasteiger partial charge in [0, 0.05) is 37.3 Å². The van der Waals surface area contributed by atoms with Gasteiger partial charge in [-0.15, -0.1) is 0 Å². The lowest BCUT2D eigenvalue weighted by atomic mass is 9.77. The maximum absolute atomic E-state index is 12.9. The Bertz CT molecular complexity index is 1410. The first-order valence-electron chi connectivity index (χ1n) is 12.4. The van der Waals surface area contributed by atoms with E-state index in [1.165, 1.54) is 22.3 Å². The largest absolute Gasteiger partial charge is 0.309 e. The van der Waals surface area contributed by atoms with E-state index in [9.17, 15) is 9.59 Å². The molecule has 178 valence electrons. The molecule has 0 radical (unpaired) electrons. The van der Waals surface area contributed by atoms with Crippen molar-refractivity contribution in [3.8, 4) is 33.4 Å². The van der Waals surface area contributed by atoms with Gasteiger partial charge in [-0.3, -0.25) is 9.59 Å². The summed E-state index contributed by atoms with van der Waals surface area (Å²) in [5, 5.41) is 6.99. The van der Waals surface area contributed by atoms with Gasteiger partial charge in [0.1, 0.15) is 0 Å². The van der Waals surface area contributed by atoms with Crippen LogP contribution in [-0.4, -0.2) is 12.6 Å². The lowest BCUT2D eigenvalue weighted by molar-refractivity contribution is 0.111. The van der Waals surface area contributed by atoms with E-state index in [0.717, 1.165) is 83.3 Å². The van der Waals surface area contributed by atoms with Gasteiger partial charge >= 0.3 is 0 Å². The van der Waals surface area contributed by atoms with Crippen molar-refractivity contribution in [1.29, 1.82) is 0 Å². The summed E-state index contributed by atoms with van der Waals surface area (Å²) in [6.07, 6.45) is 1.98. The van der Waals surface area contributed by atoms with Crippen LogP contribution in [0.25, 0.3) is 33.4 Å². The van der Waals surface area contributed by atoms with E-state index in [2.05, 4.69) is 48.7 Å². The van der Waals surface area contributed by atoms with Crippen molar-refractivity contribution in [2.75, 3.05) is 0 Å². The van der Waals surface area contributed by atoms with Gasteiger partial charge in [0.15, 0.2) is 12.6 Å². The van der Waals surface area contributed by atoms with E-state index in [4.69, 9.17) is 0 Å². The number of aldehydes is 2. The van der Waals surface area contributed by atoms with Gasteiger partial charge < -0.3 is 10.6 Å². The highest BCUT2D eigenvalue weighted by Gasteiger charge is 2.31. The summed E-state index contributed by atoms with van der Waals surface area (Å²) in [6.45, 7) is 7.16. The minimum Gasteiger partial charge on any atom is -0.309 e. The molecule has 0 aliphatic carbocycles. The Morgan fingerprint density at radius 2 is 0.889 bits per heavy atom. The van der Waals surface area contributed by atoms with Crippen molar-refractivity contribution in [3.05, 3.63) is 105 Å². The monoisotopic (exact) mass is 472 g/mol. The van der Waals surface area contributed by atoms with Crippen molar-refractivity contribution in [1.82, 2.24) is 10.6 Å². The fourth-order valence-electron chi connectivity index (χ4n) is 6.28. The van der Waals surface area contributed by atoms with Crippen LogP contribution in [0.1, 0.15) is 54.1 Å². The summed E-state index contributed by atoms with van der Waals surface area (Å²) < 4.78 is 0. The van der Waals surface area contributed by atoms with Crippen molar-refractivity contribution in [2.45, 2.75) is 40.0 Å². The average Bonchev–Trinajstić information content (AvgIpc) is 3.60. The van der Waals surface area contributed by atoms with Gasteiger partial charge in [0.2, 0.25) is 0 Å². The van der Waals surface area contributed by atoms with E-state index in [0.29, 0.717) is 11.1 Å². The van der Waals surface area contributed by atoms with E-state index in [1.807, 2.05) is 36.4 Å². The molecule has 0 saturated heterocycles. The number of fused-ring (bicyclic) bond motifs is 2. The zero-order chi connectivity index (χ0) is 24.8. The molecule has 4 aromatic carbocycles. The zero-order valence-electron chi connectivity index (χ0n) is 20.6. The van der Waals surface area contributed by atoms with Crippen LogP contribution >= 0.6 is 0 Å². The summed E-state index contributed by atoms with van der Waals surface area (Å²) >= 11 is 0. The molecule has 2 N–H and O–H groups in total. The number of rotatable bonds is 5. The van der Waals surface area contributed by atoms with Gasteiger partial charge in [0.25, 0.3) is 0 Å². The predicted molar refractivity (Wildman–Crippen MR) is 144 cm³/mol. The molecule has 0 saturated carbocycles. The molecule has 0 atom stereocenters. The van der Waals surface area contributed by atoms with E-state index in [-0.39, 0.29) is 0 Å². The summed E-state index contributed by atoms with van der Waals surface area (Å²) in [7, 11) is 0. The second kappa shape index (κ2) is 8.98. The van der Waals surface area contributed by atoms with Crippen LogP contribution in [0, 0.1) is 13.8 Å². The molecule has 0 spiro atoms. The maximum Gasteiger partial charge on any atom is 0.151 e. The first kappa shape index (κ1) is 22.6. The SMILES string of the molecule is Cc1c2c(c(-c3ccccc3)c(C=O)c1-c1c(C)c3c(c(-c4ccccc4)c1C=O)CNC3)CNC2. The second-order valence-electron chi connectivity index (χ2n) is 9.67. The van der Waals surface area contributed by atoms with Gasteiger partial charge in [0.05, 0.1) is 0 Å². The highest BCUT2D eigenvalue weighted by atomic mass is 16.1. The third-order valence-corrected chi connectivity index (χ3v) is 7.88. The zero-order valence-corrected chi connectivity index (χ0v) is 20.6. The number of hydrogen-bond donors (Lipinski definition) is 2. The lowest BCUT2D eigenvalue weighted by Gasteiger charge is -2.25. The van der Waals surface area contributed by atoms with Crippen LogP contribution in [-0.2, 0) is 26.2 Å². The highest BCUT2D eigenvalue weighted by Crippen LogP contribution is 2.47.